The average Bonchev–Trinajstić information content (AvgIpc) is 2.64. The van der Waals surface area contributed by atoms with Crippen molar-refractivity contribution in [3.63, 3.8) is 0 Å². The van der Waals surface area contributed by atoms with Gasteiger partial charge in [-0.15, -0.1) is 24.0 Å². The van der Waals surface area contributed by atoms with E-state index in [-0.39, 0.29) is 35.8 Å². The topological polar surface area (TPSA) is 80.0 Å². The van der Waals surface area contributed by atoms with Gasteiger partial charge >= 0.3 is 0 Å². The second kappa shape index (κ2) is 12.2. The molecule has 0 spiro atoms. The molecule has 0 saturated carbocycles. The zero-order chi connectivity index (χ0) is 18.8. The van der Waals surface area contributed by atoms with E-state index in [4.69, 9.17) is 10.5 Å². The molecular formula is C20H27IN4O2. The van der Waals surface area contributed by atoms with Crippen molar-refractivity contribution >= 4 is 41.5 Å². The lowest BCUT2D eigenvalue weighted by molar-refractivity contribution is -0.130. The van der Waals surface area contributed by atoms with E-state index in [1.54, 1.807) is 4.90 Å². The Labute approximate surface area is 177 Å². The Balaban J connectivity index is 0.00000364. The van der Waals surface area contributed by atoms with E-state index in [1.807, 2.05) is 68.4 Å². The number of guanidine groups is 1. The lowest BCUT2D eigenvalue weighted by atomic mass is 10.3. The summed E-state index contributed by atoms with van der Waals surface area (Å²) in [7, 11) is 0. The van der Waals surface area contributed by atoms with Crippen LogP contribution in [0.1, 0.15) is 20.3 Å². The number of nitrogens with one attached hydrogen (secondary N) is 1. The average molecular weight is 482 g/mol. The second-order valence-corrected chi connectivity index (χ2v) is 5.65. The van der Waals surface area contributed by atoms with E-state index in [9.17, 15) is 4.79 Å². The molecule has 2 aromatic carbocycles. The number of nitrogens with zero attached hydrogens (tertiary/aromatic N) is 2. The Bertz CT molecular complexity index is 734. The number of anilines is 1. The molecule has 0 aliphatic carbocycles. The molecule has 7 heteroatoms. The number of rotatable bonds is 8. The Morgan fingerprint density at radius 2 is 1.74 bits per heavy atom. The van der Waals surface area contributed by atoms with E-state index in [0.29, 0.717) is 31.8 Å². The fourth-order valence-electron chi connectivity index (χ4n) is 2.46. The maximum atomic E-state index is 11.9. The quantitative estimate of drug-likeness (QED) is 0.338. The number of carbonyl (C=O) groups excluding carboxylic acids is 1. The molecule has 0 aromatic heterocycles. The minimum atomic E-state index is 0. The third-order valence-corrected chi connectivity index (χ3v) is 3.81. The lowest BCUT2D eigenvalue weighted by Gasteiger charge is -2.17. The molecule has 0 atom stereocenters. The summed E-state index contributed by atoms with van der Waals surface area (Å²) in [6.45, 7) is 5.70. The molecule has 146 valence electrons. The minimum absolute atomic E-state index is 0. The number of aliphatic imine (C=N–C) groups is 1. The molecule has 0 radical (unpaired) electrons. The molecule has 0 heterocycles. The van der Waals surface area contributed by atoms with Crippen molar-refractivity contribution in [3.8, 4) is 11.5 Å². The fraction of sp³-hybridized carbons (Fsp3) is 0.300. The Kier molecular flexibility index (Phi) is 10.2. The predicted octanol–water partition coefficient (Wildman–Crippen LogP) is 4.08. The van der Waals surface area contributed by atoms with Crippen LogP contribution in [0.15, 0.2) is 59.6 Å². The van der Waals surface area contributed by atoms with Crippen LogP contribution in [0.3, 0.4) is 0 Å². The summed E-state index contributed by atoms with van der Waals surface area (Å²) in [6, 6.07) is 17.0. The van der Waals surface area contributed by atoms with Crippen molar-refractivity contribution in [1.82, 2.24) is 4.90 Å². The normalized spacial score (nSPS) is 10.7. The molecule has 6 nitrogen and oxygen atoms in total. The first-order valence-electron chi connectivity index (χ1n) is 8.80. The first kappa shape index (κ1) is 22.8. The summed E-state index contributed by atoms with van der Waals surface area (Å²) in [4.78, 5) is 17.9. The van der Waals surface area contributed by atoms with E-state index in [2.05, 4.69) is 10.3 Å². The number of hydrogen-bond acceptors (Lipinski definition) is 3. The van der Waals surface area contributed by atoms with Gasteiger partial charge in [-0.25, -0.2) is 0 Å². The van der Waals surface area contributed by atoms with Gasteiger partial charge in [0.15, 0.2) is 5.96 Å². The minimum Gasteiger partial charge on any atom is -0.457 e. The number of halogens is 1. The number of carbonyl (C=O) groups is 1. The smallest absolute Gasteiger partial charge is 0.224 e. The van der Waals surface area contributed by atoms with Crippen LogP contribution in [-0.2, 0) is 4.79 Å². The third-order valence-electron chi connectivity index (χ3n) is 3.81. The molecule has 0 aliphatic rings. The highest BCUT2D eigenvalue weighted by atomic mass is 127. The van der Waals surface area contributed by atoms with Gasteiger partial charge in [-0.2, -0.15) is 0 Å². The maximum absolute atomic E-state index is 11.9. The van der Waals surface area contributed by atoms with Crippen LogP contribution in [0, 0.1) is 0 Å². The predicted molar refractivity (Wildman–Crippen MR) is 121 cm³/mol. The molecular weight excluding hydrogens is 455 g/mol. The van der Waals surface area contributed by atoms with Gasteiger partial charge in [-0.3, -0.25) is 9.79 Å². The van der Waals surface area contributed by atoms with E-state index >= 15 is 0 Å². The summed E-state index contributed by atoms with van der Waals surface area (Å²) < 4.78 is 5.79. The SMILES string of the molecule is CCN(CC)C(=O)CCN=C(N)Nc1cccc(Oc2ccccc2)c1.I. The Morgan fingerprint density at radius 1 is 1.07 bits per heavy atom. The van der Waals surface area contributed by atoms with Crippen LogP contribution in [0.2, 0.25) is 0 Å². The van der Waals surface area contributed by atoms with Crippen LogP contribution in [-0.4, -0.2) is 36.4 Å². The summed E-state index contributed by atoms with van der Waals surface area (Å²) >= 11 is 0. The fourth-order valence-corrected chi connectivity index (χ4v) is 2.46. The summed E-state index contributed by atoms with van der Waals surface area (Å²) in [6.07, 6.45) is 0.348. The zero-order valence-electron chi connectivity index (χ0n) is 15.7. The van der Waals surface area contributed by atoms with Gasteiger partial charge < -0.3 is 20.7 Å². The zero-order valence-corrected chi connectivity index (χ0v) is 18.1. The monoisotopic (exact) mass is 482 g/mol. The lowest BCUT2D eigenvalue weighted by Crippen LogP contribution is -2.31. The molecule has 1 amide bonds. The molecule has 0 fully saturated rings. The molecule has 0 aliphatic heterocycles. The highest BCUT2D eigenvalue weighted by Crippen LogP contribution is 2.23. The van der Waals surface area contributed by atoms with Crippen molar-refractivity contribution < 1.29 is 9.53 Å². The Hall–Kier alpha value is -2.29. The van der Waals surface area contributed by atoms with Crippen LogP contribution in [0.4, 0.5) is 5.69 Å². The molecule has 27 heavy (non-hydrogen) atoms. The molecule has 0 saturated heterocycles. The van der Waals surface area contributed by atoms with Gasteiger partial charge in [0.05, 0.1) is 6.54 Å². The van der Waals surface area contributed by atoms with Crippen molar-refractivity contribution in [3.05, 3.63) is 54.6 Å². The van der Waals surface area contributed by atoms with Gasteiger partial charge in [-0.05, 0) is 38.1 Å². The molecule has 0 unspecified atom stereocenters. The number of para-hydroxylation sites is 1. The van der Waals surface area contributed by atoms with E-state index < -0.39 is 0 Å². The first-order valence-corrected chi connectivity index (χ1v) is 8.80. The molecule has 3 N–H and O–H groups in total. The van der Waals surface area contributed by atoms with Crippen molar-refractivity contribution in [2.75, 3.05) is 25.0 Å². The summed E-state index contributed by atoms with van der Waals surface area (Å²) in [5, 5.41) is 3.02. The van der Waals surface area contributed by atoms with Crippen LogP contribution < -0.4 is 15.8 Å². The molecule has 0 bridgehead atoms. The summed E-state index contributed by atoms with van der Waals surface area (Å²) in [5.74, 6) is 1.82. The number of ether oxygens (including phenoxy) is 1. The van der Waals surface area contributed by atoms with Crippen molar-refractivity contribution in [2.24, 2.45) is 10.7 Å². The largest absolute Gasteiger partial charge is 0.457 e. The van der Waals surface area contributed by atoms with Gasteiger partial charge in [0.2, 0.25) is 5.91 Å². The van der Waals surface area contributed by atoms with E-state index in [0.717, 1.165) is 11.4 Å². The van der Waals surface area contributed by atoms with Gasteiger partial charge in [-0.1, -0.05) is 24.3 Å². The second-order valence-electron chi connectivity index (χ2n) is 5.65. The highest BCUT2D eigenvalue weighted by molar-refractivity contribution is 14.0. The number of nitrogens with two attached hydrogens (primary N) is 1. The van der Waals surface area contributed by atoms with E-state index in [1.165, 1.54) is 0 Å². The molecule has 2 rings (SSSR count). The van der Waals surface area contributed by atoms with Gasteiger partial charge in [0, 0.05) is 31.3 Å². The van der Waals surface area contributed by atoms with Gasteiger partial charge in [0.25, 0.3) is 0 Å². The van der Waals surface area contributed by atoms with Crippen molar-refractivity contribution in [2.45, 2.75) is 20.3 Å². The van der Waals surface area contributed by atoms with Crippen LogP contribution in [0.5, 0.6) is 11.5 Å². The highest BCUT2D eigenvalue weighted by Gasteiger charge is 2.08. The first-order chi connectivity index (χ1) is 12.6. The van der Waals surface area contributed by atoms with Crippen LogP contribution >= 0.6 is 24.0 Å². The van der Waals surface area contributed by atoms with Gasteiger partial charge in [0.1, 0.15) is 11.5 Å². The standard InChI is InChI=1S/C20H26N4O2.HI/c1-3-24(4-2)19(25)13-14-22-20(21)23-16-9-8-12-18(15-16)26-17-10-6-5-7-11-17;/h5-12,15H,3-4,13-14H2,1-2H3,(H3,21,22,23);1H. The molecule has 2 aromatic rings. The number of amides is 1. The Morgan fingerprint density at radius 3 is 2.41 bits per heavy atom. The van der Waals surface area contributed by atoms with Crippen LogP contribution in [0.25, 0.3) is 0 Å². The number of hydrogen-bond donors (Lipinski definition) is 2. The van der Waals surface area contributed by atoms with Crippen molar-refractivity contribution in [1.29, 1.82) is 0 Å². The summed E-state index contributed by atoms with van der Waals surface area (Å²) in [5.41, 5.74) is 6.68. The maximum Gasteiger partial charge on any atom is 0.224 e. The number of benzene rings is 2. The third kappa shape index (κ3) is 7.86.